The fraction of sp³-hybridized carbons (Fsp3) is 0.667. The number of aliphatic imine (C=N–C) groups is 1. The first-order valence-electron chi connectivity index (χ1n) is 6.29. The number of rotatable bonds is 3. The van der Waals surface area contributed by atoms with E-state index in [1.807, 2.05) is 24.0 Å². The molecule has 0 saturated carbocycles. The smallest absolute Gasteiger partial charge is 0.191 e. The summed E-state index contributed by atoms with van der Waals surface area (Å²) in [5.74, 6) is 0.688. The zero-order chi connectivity index (χ0) is 12.1. The molecule has 1 fully saturated rings. The Balaban J connectivity index is 0.00000162. The second-order valence-electron chi connectivity index (χ2n) is 4.57. The van der Waals surface area contributed by atoms with Gasteiger partial charge in [-0.15, -0.1) is 24.0 Å². The standard InChI is InChI=1S/C12H21N5.HI/c1-11-9-15-17(10-11)8-5-14-12(13)16-6-3-2-4-7-16;/h9-10H,2-8H2,1H3,(H2,13,14);1H. The Morgan fingerprint density at radius 3 is 2.72 bits per heavy atom. The number of hydrogen-bond acceptors (Lipinski definition) is 2. The molecule has 0 radical (unpaired) electrons. The van der Waals surface area contributed by atoms with Crippen LogP contribution in [0.4, 0.5) is 0 Å². The number of halogens is 1. The first-order chi connectivity index (χ1) is 8.25. The molecule has 1 aliphatic rings. The zero-order valence-corrected chi connectivity index (χ0v) is 13.2. The van der Waals surface area contributed by atoms with Gasteiger partial charge in [0.25, 0.3) is 0 Å². The maximum atomic E-state index is 5.96. The third-order valence-corrected chi connectivity index (χ3v) is 3.05. The summed E-state index contributed by atoms with van der Waals surface area (Å²) in [6, 6.07) is 0. The minimum absolute atomic E-state index is 0. The van der Waals surface area contributed by atoms with E-state index in [2.05, 4.69) is 15.0 Å². The van der Waals surface area contributed by atoms with Crippen LogP contribution in [0.5, 0.6) is 0 Å². The van der Waals surface area contributed by atoms with Crippen molar-refractivity contribution in [3.8, 4) is 0 Å². The van der Waals surface area contributed by atoms with Gasteiger partial charge in [-0.3, -0.25) is 9.67 Å². The first-order valence-corrected chi connectivity index (χ1v) is 6.29. The molecule has 0 amide bonds. The van der Waals surface area contributed by atoms with Crippen LogP contribution >= 0.6 is 24.0 Å². The van der Waals surface area contributed by atoms with Gasteiger partial charge >= 0.3 is 0 Å². The van der Waals surface area contributed by atoms with Crippen molar-refractivity contribution in [1.82, 2.24) is 14.7 Å². The van der Waals surface area contributed by atoms with Crippen molar-refractivity contribution in [2.24, 2.45) is 10.7 Å². The molecule has 1 aromatic heterocycles. The number of nitrogens with zero attached hydrogens (tertiary/aromatic N) is 4. The van der Waals surface area contributed by atoms with Gasteiger partial charge < -0.3 is 10.6 Å². The minimum atomic E-state index is 0. The molecule has 1 aromatic rings. The second kappa shape index (κ2) is 7.60. The van der Waals surface area contributed by atoms with Crippen LogP contribution in [-0.2, 0) is 6.54 Å². The van der Waals surface area contributed by atoms with Gasteiger partial charge in [0.2, 0.25) is 0 Å². The third-order valence-electron chi connectivity index (χ3n) is 3.05. The molecule has 1 saturated heterocycles. The van der Waals surface area contributed by atoms with Gasteiger partial charge in [-0.25, -0.2) is 0 Å². The molecule has 0 unspecified atom stereocenters. The van der Waals surface area contributed by atoms with Crippen LogP contribution in [-0.4, -0.2) is 40.3 Å². The predicted octanol–water partition coefficient (Wildman–Crippen LogP) is 1.61. The molecule has 0 aromatic carbocycles. The summed E-state index contributed by atoms with van der Waals surface area (Å²) in [6.45, 7) is 5.63. The highest BCUT2D eigenvalue weighted by atomic mass is 127. The topological polar surface area (TPSA) is 59.4 Å². The molecule has 0 atom stereocenters. The van der Waals surface area contributed by atoms with Crippen molar-refractivity contribution in [3.63, 3.8) is 0 Å². The van der Waals surface area contributed by atoms with Gasteiger partial charge in [-0.1, -0.05) is 0 Å². The van der Waals surface area contributed by atoms with Crippen LogP contribution in [0.3, 0.4) is 0 Å². The lowest BCUT2D eigenvalue weighted by Crippen LogP contribution is -2.41. The summed E-state index contributed by atoms with van der Waals surface area (Å²) < 4.78 is 1.91. The van der Waals surface area contributed by atoms with E-state index in [9.17, 15) is 0 Å². The van der Waals surface area contributed by atoms with Crippen molar-refractivity contribution in [2.75, 3.05) is 19.6 Å². The van der Waals surface area contributed by atoms with E-state index in [1.165, 1.54) is 24.8 Å². The number of guanidine groups is 1. The van der Waals surface area contributed by atoms with E-state index < -0.39 is 0 Å². The Kier molecular flexibility index (Phi) is 6.45. The molecule has 2 heterocycles. The van der Waals surface area contributed by atoms with Crippen LogP contribution in [0.2, 0.25) is 0 Å². The van der Waals surface area contributed by atoms with Crippen LogP contribution in [0, 0.1) is 6.92 Å². The molecule has 5 nitrogen and oxygen atoms in total. The summed E-state index contributed by atoms with van der Waals surface area (Å²) >= 11 is 0. The van der Waals surface area contributed by atoms with E-state index in [-0.39, 0.29) is 24.0 Å². The number of nitrogens with two attached hydrogens (primary N) is 1. The van der Waals surface area contributed by atoms with E-state index in [4.69, 9.17) is 5.73 Å². The van der Waals surface area contributed by atoms with Crippen molar-refractivity contribution < 1.29 is 0 Å². The summed E-state index contributed by atoms with van der Waals surface area (Å²) in [6.07, 6.45) is 7.66. The normalized spacial score (nSPS) is 16.5. The third kappa shape index (κ3) is 4.47. The Morgan fingerprint density at radius 1 is 1.39 bits per heavy atom. The van der Waals surface area contributed by atoms with E-state index in [0.29, 0.717) is 12.5 Å². The van der Waals surface area contributed by atoms with E-state index >= 15 is 0 Å². The Morgan fingerprint density at radius 2 is 2.11 bits per heavy atom. The highest BCUT2D eigenvalue weighted by Gasteiger charge is 2.11. The number of aromatic nitrogens is 2. The number of likely N-dealkylation sites (tertiary alicyclic amines) is 1. The summed E-state index contributed by atoms with van der Waals surface area (Å²) in [4.78, 5) is 6.59. The summed E-state index contributed by atoms with van der Waals surface area (Å²) in [7, 11) is 0. The first kappa shape index (κ1) is 15.3. The molecular formula is C12H22IN5. The summed E-state index contributed by atoms with van der Waals surface area (Å²) in [5.41, 5.74) is 7.14. The Bertz CT molecular complexity index is 382. The van der Waals surface area contributed by atoms with Crippen LogP contribution in [0.25, 0.3) is 0 Å². The molecule has 18 heavy (non-hydrogen) atoms. The Hall–Kier alpha value is -0.790. The minimum Gasteiger partial charge on any atom is -0.370 e. The van der Waals surface area contributed by atoms with Gasteiger partial charge in [-0.2, -0.15) is 5.10 Å². The molecule has 0 aliphatic carbocycles. The maximum absolute atomic E-state index is 5.96. The lowest BCUT2D eigenvalue weighted by atomic mass is 10.1. The molecule has 6 heteroatoms. The molecule has 0 bridgehead atoms. The average molecular weight is 363 g/mol. The maximum Gasteiger partial charge on any atom is 0.191 e. The lowest BCUT2D eigenvalue weighted by molar-refractivity contribution is 0.338. The van der Waals surface area contributed by atoms with Gasteiger partial charge in [0.05, 0.1) is 19.3 Å². The van der Waals surface area contributed by atoms with Crippen LogP contribution < -0.4 is 5.73 Å². The monoisotopic (exact) mass is 363 g/mol. The van der Waals surface area contributed by atoms with Crippen LogP contribution in [0.15, 0.2) is 17.4 Å². The zero-order valence-electron chi connectivity index (χ0n) is 10.9. The molecule has 1 aliphatic heterocycles. The largest absolute Gasteiger partial charge is 0.370 e. The molecular weight excluding hydrogens is 341 g/mol. The van der Waals surface area contributed by atoms with Crippen molar-refractivity contribution in [2.45, 2.75) is 32.7 Å². The number of piperidine rings is 1. The van der Waals surface area contributed by atoms with Gasteiger partial charge in [-0.05, 0) is 31.7 Å². The van der Waals surface area contributed by atoms with Crippen LogP contribution in [0.1, 0.15) is 24.8 Å². The van der Waals surface area contributed by atoms with Gasteiger partial charge in [0.1, 0.15) is 0 Å². The van der Waals surface area contributed by atoms with E-state index in [0.717, 1.165) is 19.6 Å². The molecule has 0 spiro atoms. The highest BCUT2D eigenvalue weighted by Crippen LogP contribution is 2.07. The van der Waals surface area contributed by atoms with E-state index in [1.54, 1.807) is 0 Å². The predicted molar refractivity (Wildman–Crippen MR) is 84.3 cm³/mol. The van der Waals surface area contributed by atoms with Crippen molar-refractivity contribution >= 4 is 29.9 Å². The van der Waals surface area contributed by atoms with Crippen molar-refractivity contribution in [3.05, 3.63) is 18.0 Å². The number of aryl methyl sites for hydroxylation is 1. The van der Waals surface area contributed by atoms with Crippen molar-refractivity contribution in [1.29, 1.82) is 0 Å². The highest BCUT2D eigenvalue weighted by molar-refractivity contribution is 14.0. The molecule has 2 N–H and O–H groups in total. The quantitative estimate of drug-likeness (QED) is 0.504. The molecule has 102 valence electrons. The SMILES string of the molecule is Cc1cnn(CCN=C(N)N2CCCCC2)c1.I. The fourth-order valence-corrected chi connectivity index (χ4v) is 2.08. The second-order valence-corrected chi connectivity index (χ2v) is 4.57. The fourth-order valence-electron chi connectivity index (χ4n) is 2.08. The van der Waals surface area contributed by atoms with Gasteiger partial charge in [0.15, 0.2) is 5.96 Å². The van der Waals surface area contributed by atoms with Gasteiger partial charge in [0, 0.05) is 19.3 Å². The lowest BCUT2D eigenvalue weighted by Gasteiger charge is -2.27. The summed E-state index contributed by atoms with van der Waals surface area (Å²) in [5, 5.41) is 4.22. The molecule has 2 rings (SSSR count). The average Bonchev–Trinajstić information content (AvgIpc) is 2.76. The Labute approximate surface area is 125 Å². The number of hydrogen-bond donors (Lipinski definition) is 1.